The molecule has 4 nitrogen and oxygen atoms in total. The summed E-state index contributed by atoms with van der Waals surface area (Å²) in [5.74, 6) is 0.111. The number of ketones is 1. The number of nitrogens with zero attached hydrogens (tertiary/aromatic N) is 2. The Morgan fingerprint density at radius 1 is 1.65 bits per heavy atom. The van der Waals surface area contributed by atoms with E-state index in [1.807, 2.05) is 32.3 Å². The molecule has 1 atom stereocenters. The molecule has 0 radical (unpaired) electrons. The lowest BCUT2D eigenvalue weighted by Crippen LogP contribution is -2.22. The summed E-state index contributed by atoms with van der Waals surface area (Å²) in [6.45, 7) is 1.60. The first-order chi connectivity index (χ1) is 7.99. The van der Waals surface area contributed by atoms with Crippen LogP contribution in [0.2, 0.25) is 0 Å². The summed E-state index contributed by atoms with van der Waals surface area (Å²) in [6.07, 6.45) is 8.16. The van der Waals surface area contributed by atoms with Crippen molar-refractivity contribution in [2.24, 2.45) is 10.9 Å². The van der Waals surface area contributed by atoms with Gasteiger partial charge in [-0.3, -0.25) is 4.79 Å². The number of nitrogens with one attached hydrogen (secondary N) is 1. The molecule has 1 aliphatic rings. The SMILES string of the molecule is CC(=O)C1C=C(NC(=S)/N=C/N(C)C)C=CC1. The average Bonchev–Trinajstić information content (AvgIpc) is 2.26. The van der Waals surface area contributed by atoms with Crippen molar-refractivity contribution in [3.8, 4) is 0 Å². The molecule has 92 valence electrons. The topological polar surface area (TPSA) is 44.7 Å². The van der Waals surface area contributed by atoms with E-state index >= 15 is 0 Å². The van der Waals surface area contributed by atoms with E-state index in [1.54, 1.807) is 18.2 Å². The first-order valence-corrected chi connectivity index (χ1v) is 5.80. The van der Waals surface area contributed by atoms with Crippen molar-refractivity contribution in [2.45, 2.75) is 13.3 Å². The van der Waals surface area contributed by atoms with Gasteiger partial charge in [0.05, 0.1) is 6.34 Å². The quantitative estimate of drug-likeness (QED) is 0.469. The van der Waals surface area contributed by atoms with E-state index in [1.165, 1.54) is 0 Å². The van der Waals surface area contributed by atoms with E-state index in [2.05, 4.69) is 10.3 Å². The third-order valence-electron chi connectivity index (χ3n) is 2.25. The number of hydrogen-bond donors (Lipinski definition) is 1. The summed E-state index contributed by atoms with van der Waals surface area (Å²) in [5, 5.41) is 3.38. The van der Waals surface area contributed by atoms with Gasteiger partial charge in [0.15, 0.2) is 5.11 Å². The Bertz CT molecular complexity index is 397. The molecule has 1 aliphatic carbocycles. The maximum atomic E-state index is 11.3. The van der Waals surface area contributed by atoms with Crippen LogP contribution in [0, 0.1) is 5.92 Å². The lowest BCUT2D eigenvalue weighted by Gasteiger charge is -2.14. The number of thiocarbonyl (C=S) groups is 1. The maximum Gasteiger partial charge on any atom is 0.198 e. The fraction of sp³-hybridized carbons (Fsp3) is 0.417. The van der Waals surface area contributed by atoms with Gasteiger partial charge in [-0.05, 0) is 31.6 Å². The molecule has 0 bridgehead atoms. The van der Waals surface area contributed by atoms with E-state index in [9.17, 15) is 4.79 Å². The van der Waals surface area contributed by atoms with Crippen molar-refractivity contribution in [2.75, 3.05) is 14.1 Å². The van der Waals surface area contributed by atoms with Gasteiger partial charge in [0.1, 0.15) is 5.78 Å². The molecule has 0 aromatic heterocycles. The number of Topliss-reactive ketones (excluding diaryl/α,β-unsaturated/α-hetero) is 1. The highest BCUT2D eigenvalue weighted by Crippen LogP contribution is 2.16. The molecule has 17 heavy (non-hydrogen) atoms. The van der Waals surface area contributed by atoms with Crippen molar-refractivity contribution in [3.63, 3.8) is 0 Å². The van der Waals surface area contributed by atoms with Crippen molar-refractivity contribution < 1.29 is 4.79 Å². The first kappa shape index (κ1) is 13.6. The second kappa shape index (κ2) is 6.30. The van der Waals surface area contributed by atoms with Crippen LogP contribution in [0.15, 0.2) is 28.9 Å². The number of hydrogen-bond acceptors (Lipinski definition) is 2. The second-order valence-electron chi connectivity index (χ2n) is 4.12. The van der Waals surface area contributed by atoms with Crippen LogP contribution in [0.5, 0.6) is 0 Å². The zero-order valence-electron chi connectivity index (χ0n) is 10.3. The highest BCUT2D eigenvalue weighted by Gasteiger charge is 2.13. The molecule has 0 amide bonds. The largest absolute Gasteiger partial charge is 0.369 e. The van der Waals surface area contributed by atoms with E-state index < -0.39 is 0 Å². The van der Waals surface area contributed by atoms with Gasteiger partial charge in [0, 0.05) is 25.7 Å². The highest BCUT2D eigenvalue weighted by atomic mass is 32.1. The van der Waals surface area contributed by atoms with Crippen LogP contribution in [0.4, 0.5) is 0 Å². The van der Waals surface area contributed by atoms with Gasteiger partial charge in [0.2, 0.25) is 0 Å². The van der Waals surface area contributed by atoms with Gasteiger partial charge in [-0.15, -0.1) is 0 Å². The van der Waals surface area contributed by atoms with Crippen molar-refractivity contribution in [1.82, 2.24) is 10.2 Å². The van der Waals surface area contributed by atoms with Crippen molar-refractivity contribution in [3.05, 3.63) is 23.9 Å². The lowest BCUT2D eigenvalue weighted by atomic mass is 9.96. The fourth-order valence-electron chi connectivity index (χ4n) is 1.37. The summed E-state index contributed by atoms with van der Waals surface area (Å²) >= 11 is 5.06. The summed E-state index contributed by atoms with van der Waals surface area (Å²) in [7, 11) is 3.75. The normalized spacial score (nSPS) is 19.0. The Kier molecular flexibility index (Phi) is 5.03. The number of carbonyl (C=O) groups is 1. The Balaban J connectivity index is 2.59. The van der Waals surface area contributed by atoms with Gasteiger partial charge in [0.25, 0.3) is 0 Å². The van der Waals surface area contributed by atoms with Crippen LogP contribution in [0.25, 0.3) is 0 Å². The zero-order valence-corrected chi connectivity index (χ0v) is 11.1. The Morgan fingerprint density at radius 2 is 2.35 bits per heavy atom. The molecule has 1 unspecified atom stereocenters. The minimum Gasteiger partial charge on any atom is -0.369 e. The number of rotatable bonds is 3. The monoisotopic (exact) mass is 251 g/mol. The van der Waals surface area contributed by atoms with E-state index in [0.717, 1.165) is 12.1 Å². The molecule has 0 saturated heterocycles. The van der Waals surface area contributed by atoms with Gasteiger partial charge in [-0.25, -0.2) is 4.99 Å². The lowest BCUT2D eigenvalue weighted by molar-refractivity contribution is -0.119. The minimum atomic E-state index is -0.0527. The van der Waals surface area contributed by atoms with Crippen LogP contribution < -0.4 is 5.32 Å². The van der Waals surface area contributed by atoms with E-state index in [0.29, 0.717) is 5.11 Å². The summed E-state index contributed by atoms with van der Waals surface area (Å²) in [6, 6.07) is 0. The molecule has 0 saturated carbocycles. The summed E-state index contributed by atoms with van der Waals surface area (Å²) < 4.78 is 0. The zero-order chi connectivity index (χ0) is 12.8. The molecule has 0 fully saturated rings. The van der Waals surface area contributed by atoms with Gasteiger partial charge in [-0.1, -0.05) is 12.2 Å². The van der Waals surface area contributed by atoms with Crippen LogP contribution in [-0.2, 0) is 4.79 Å². The predicted molar refractivity (Wildman–Crippen MR) is 73.9 cm³/mol. The second-order valence-corrected chi connectivity index (χ2v) is 4.50. The number of allylic oxidation sites excluding steroid dienone is 3. The molecule has 0 aromatic carbocycles. The van der Waals surface area contributed by atoms with Gasteiger partial charge in [-0.2, -0.15) is 0 Å². The standard InChI is InChI=1S/C12H17N3OS/c1-9(16)10-5-4-6-11(7-10)14-12(17)13-8-15(2)3/h4,6-8,10H,5H2,1-3H3,(H,14,17)/b13-8+. The van der Waals surface area contributed by atoms with Gasteiger partial charge >= 0.3 is 0 Å². The molecule has 0 heterocycles. The highest BCUT2D eigenvalue weighted by molar-refractivity contribution is 7.80. The molecule has 0 aromatic rings. The fourth-order valence-corrected chi connectivity index (χ4v) is 1.54. The third kappa shape index (κ3) is 4.91. The Hall–Kier alpha value is -1.49. The Morgan fingerprint density at radius 3 is 2.94 bits per heavy atom. The maximum absolute atomic E-state index is 11.3. The van der Waals surface area contributed by atoms with Crippen molar-refractivity contribution >= 4 is 29.5 Å². The number of aliphatic imine (C=N–C) groups is 1. The minimum absolute atomic E-state index is 0.0527. The molecule has 1 rings (SSSR count). The molecule has 5 heteroatoms. The Labute approximate surface area is 107 Å². The van der Waals surface area contributed by atoms with Crippen LogP contribution >= 0.6 is 12.2 Å². The first-order valence-electron chi connectivity index (χ1n) is 5.39. The van der Waals surface area contributed by atoms with E-state index in [4.69, 9.17) is 12.2 Å². The van der Waals surface area contributed by atoms with Crippen molar-refractivity contribution in [1.29, 1.82) is 0 Å². The molecule has 0 spiro atoms. The predicted octanol–water partition coefficient (Wildman–Crippen LogP) is 1.50. The van der Waals surface area contributed by atoms with E-state index in [-0.39, 0.29) is 11.7 Å². The molecular weight excluding hydrogens is 234 g/mol. The third-order valence-corrected chi connectivity index (χ3v) is 2.46. The average molecular weight is 251 g/mol. The molecule has 1 N–H and O–H groups in total. The summed E-state index contributed by atoms with van der Waals surface area (Å²) in [5.41, 5.74) is 0.831. The summed E-state index contributed by atoms with van der Waals surface area (Å²) in [4.78, 5) is 17.1. The smallest absolute Gasteiger partial charge is 0.198 e. The molecular formula is C12H17N3OS. The number of carbonyl (C=O) groups excluding carboxylic acids is 1. The van der Waals surface area contributed by atoms with Crippen LogP contribution in [0.3, 0.4) is 0 Å². The van der Waals surface area contributed by atoms with Crippen LogP contribution in [-0.4, -0.2) is 36.2 Å². The van der Waals surface area contributed by atoms with Crippen LogP contribution in [0.1, 0.15) is 13.3 Å². The van der Waals surface area contributed by atoms with Gasteiger partial charge < -0.3 is 10.2 Å². The molecule has 0 aliphatic heterocycles.